The molecule has 0 bridgehead atoms. The average molecular weight is 484 g/mol. The highest BCUT2D eigenvalue weighted by atomic mass is 32.2. The Labute approximate surface area is 200 Å². The number of thiophene rings is 1. The lowest BCUT2D eigenvalue weighted by Gasteiger charge is -2.08. The third-order valence-corrected chi connectivity index (χ3v) is 7.68. The lowest BCUT2D eigenvalue weighted by atomic mass is 10.1. The molecule has 0 fully saturated rings. The van der Waals surface area contributed by atoms with Gasteiger partial charge in [0, 0.05) is 9.77 Å². The van der Waals surface area contributed by atoms with Crippen molar-refractivity contribution in [2.75, 3.05) is 24.8 Å². The molecular formula is C25H25NO5S2. The van der Waals surface area contributed by atoms with Gasteiger partial charge in [0.15, 0.2) is 6.61 Å². The van der Waals surface area contributed by atoms with E-state index in [1.165, 1.54) is 30.2 Å². The molecule has 2 aromatic carbocycles. The maximum absolute atomic E-state index is 12.4. The summed E-state index contributed by atoms with van der Waals surface area (Å²) in [5.41, 5.74) is 1.41. The molecule has 33 heavy (non-hydrogen) atoms. The second-order valence-corrected chi connectivity index (χ2v) is 9.92. The first-order valence-electron chi connectivity index (χ1n) is 10.8. The van der Waals surface area contributed by atoms with Crippen LogP contribution in [-0.2, 0) is 31.9 Å². The third-order valence-electron chi connectivity index (χ3n) is 5.51. The predicted octanol–water partition coefficient (Wildman–Crippen LogP) is 5.23. The number of hydrogen-bond donors (Lipinski definition) is 1. The molecule has 0 radical (unpaired) electrons. The quantitative estimate of drug-likeness (QED) is 0.282. The van der Waals surface area contributed by atoms with Gasteiger partial charge < -0.3 is 14.8 Å². The fourth-order valence-electron chi connectivity index (χ4n) is 3.90. The van der Waals surface area contributed by atoms with Gasteiger partial charge in [0.2, 0.25) is 0 Å². The Morgan fingerprint density at radius 2 is 1.82 bits per heavy atom. The molecular weight excluding hydrogens is 458 g/mol. The van der Waals surface area contributed by atoms with Gasteiger partial charge >= 0.3 is 11.9 Å². The monoisotopic (exact) mass is 483 g/mol. The van der Waals surface area contributed by atoms with Crippen LogP contribution in [0.5, 0.6) is 0 Å². The van der Waals surface area contributed by atoms with E-state index in [-0.39, 0.29) is 5.75 Å². The largest absolute Gasteiger partial charge is 0.465 e. The molecule has 3 aromatic rings. The second-order valence-electron chi connectivity index (χ2n) is 7.77. The van der Waals surface area contributed by atoms with E-state index in [0.717, 1.165) is 58.2 Å². The van der Waals surface area contributed by atoms with E-state index in [9.17, 15) is 14.4 Å². The van der Waals surface area contributed by atoms with Gasteiger partial charge in [-0.05, 0) is 54.2 Å². The van der Waals surface area contributed by atoms with Crippen LogP contribution in [0.4, 0.5) is 5.00 Å². The maximum Gasteiger partial charge on any atom is 0.341 e. The molecule has 0 aliphatic heterocycles. The Bertz CT molecular complexity index is 1190. The number of ether oxygens (including phenoxy) is 2. The predicted molar refractivity (Wildman–Crippen MR) is 131 cm³/mol. The highest BCUT2D eigenvalue weighted by Crippen LogP contribution is 2.38. The van der Waals surface area contributed by atoms with E-state index in [0.29, 0.717) is 10.6 Å². The lowest BCUT2D eigenvalue weighted by molar-refractivity contribution is -0.144. The van der Waals surface area contributed by atoms with E-state index < -0.39 is 24.5 Å². The molecule has 1 aliphatic rings. The molecule has 0 unspecified atom stereocenters. The average Bonchev–Trinajstić information content (AvgIpc) is 3.00. The van der Waals surface area contributed by atoms with Crippen LogP contribution in [-0.4, -0.2) is 37.3 Å². The van der Waals surface area contributed by atoms with E-state index in [4.69, 9.17) is 9.47 Å². The number of rotatable bonds is 7. The van der Waals surface area contributed by atoms with Crippen LogP contribution in [0.2, 0.25) is 0 Å². The van der Waals surface area contributed by atoms with Crippen molar-refractivity contribution in [1.82, 2.24) is 0 Å². The second kappa shape index (κ2) is 10.9. The van der Waals surface area contributed by atoms with Crippen molar-refractivity contribution in [3.8, 4) is 0 Å². The van der Waals surface area contributed by atoms with Crippen molar-refractivity contribution in [3.05, 3.63) is 58.5 Å². The van der Waals surface area contributed by atoms with Gasteiger partial charge in [0.1, 0.15) is 5.00 Å². The third kappa shape index (κ3) is 5.75. The van der Waals surface area contributed by atoms with Crippen LogP contribution in [0.1, 0.15) is 40.1 Å². The number of anilines is 1. The fourth-order valence-corrected chi connectivity index (χ4v) is 5.93. The highest BCUT2D eigenvalue weighted by Gasteiger charge is 2.26. The molecule has 0 saturated heterocycles. The van der Waals surface area contributed by atoms with E-state index >= 15 is 0 Å². The molecule has 1 aromatic heterocycles. The minimum Gasteiger partial charge on any atom is -0.465 e. The van der Waals surface area contributed by atoms with Crippen LogP contribution < -0.4 is 5.32 Å². The number of methoxy groups -OCH3 is 1. The number of benzene rings is 2. The van der Waals surface area contributed by atoms with Crippen molar-refractivity contribution in [1.29, 1.82) is 0 Å². The van der Waals surface area contributed by atoms with Gasteiger partial charge in [0.05, 0.1) is 18.4 Å². The van der Waals surface area contributed by atoms with Crippen LogP contribution in [0, 0.1) is 0 Å². The number of esters is 2. The number of carbonyl (C=O) groups is 3. The Morgan fingerprint density at radius 3 is 2.64 bits per heavy atom. The minimum absolute atomic E-state index is 0.104. The summed E-state index contributed by atoms with van der Waals surface area (Å²) in [5.74, 6) is -1.29. The molecule has 6 nitrogen and oxygen atoms in total. The maximum atomic E-state index is 12.4. The zero-order chi connectivity index (χ0) is 23.2. The Morgan fingerprint density at radius 1 is 1.03 bits per heavy atom. The molecule has 1 N–H and O–H groups in total. The van der Waals surface area contributed by atoms with Crippen LogP contribution in [0.3, 0.4) is 0 Å². The van der Waals surface area contributed by atoms with Crippen LogP contribution in [0.15, 0.2) is 47.4 Å². The number of carbonyl (C=O) groups excluding carboxylic acids is 3. The summed E-state index contributed by atoms with van der Waals surface area (Å²) < 4.78 is 10.1. The Balaban J connectivity index is 1.32. The summed E-state index contributed by atoms with van der Waals surface area (Å²) in [5, 5.41) is 5.46. The van der Waals surface area contributed by atoms with E-state index in [1.54, 1.807) is 0 Å². The SMILES string of the molecule is COC(=O)c1c(NC(=O)COC(=O)CSc2ccc3ccccc3c2)sc2c1CCCCC2. The Kier molecular flexibility index (Phi) is 7.67. The number of amides is 1. The number of thioether (sulfide) groups is 1. The van der Waals surface area contributed by atoms with Gasteiger partial charge in [0.25, 0.3) is 5.91 Å². The number of fused-ring (bicyclic) bond motifs is 2. The van der Waals surface area contributed by atoms with E-state index in [1.807, 2.05) is 42.5 Å². The molecule has 8 heteroatoms. The Hall–Kier alpha value is -2.84. The number of nitrogens with one attached hydrogen (secondary N) is 1. The van der Waals surface area contributed by atoms with Crippen LogP contribution >= 0.6 is 23.1 Å². The molecule has 1 amide bonds. The molecule has 0 saturated carbocycles. The summed E-state index contributed by atoms with van der Waals surface area (Å²) in [6, 6.07) is 14.0. The highest BCUT2D eigenvalue weighted by molar-refractivity contribution is 8.00. The first-order valence-corrected chi connectivity index (χ1v) is 12.7. The fraction of sp³-hybridized carbons (Fsp3) is 0.320. The summed E-state index contributed by atoms with van der Waals surface area (Å²) in [7, 11) is 1.34. The van der Waals surface area contributed by atoms with Gasteiger partial charge in [-0.15, -0.1) is 23.1 Å². The summed E-state index contributed by atoms with van der Waals surface area (Å²) in [6.07, 6.45) is 4.88. The first kappa shape index (κ1) is 23.3. The standard InChI is InChI=1S/C25H25NO5S2/c1-30-25(29)23-19-9-3-2-4-10-20(19)33-24(23)26-21(27)14-31-22(28)15-32-18-12-11-16-7-5-6-8-17(16)13-18/h5-8,11-13H,2-4,9-10,14-15H2,1H3,(H,26,27). The van der Waals surface area contributed by atoms with Crippen LogP contribution in [0.25, 0.3) is 10.8 Å². The summed E-state index contributed by atoms with van der Waals surface area (Å²) >= 11 is 2.78. The van der Waals surface area contributed by atoms with Gasteiger partial charge in [-0.3, -0.25) is 9.59 Å². The van der Waals surface area contributed by atoms with Gasteiger partial charge in [-0.25, -0.2) is 4.79 Å². The number of hydrogen-bond acceptors (Lipinski definition) is 7. The van der Waals surface area contributed by atoms with E-state index in [2.05, 4.69) is 5.32 Å². The lowest BCUT2D eigenvalue weighted by Crippen LogP contribution is -2.22. The normalized spacial score (nSPS) is 13.1. The molecule has 1 aliphatic carbocycles. The molecule has 4 rings (SSSR count). The zero-order valence-corrected chi connectivity index (χ0v) is 20.0. The van der Waals surface area contributed by atoms with Gasteiger partial charge in [-0.1, -0.05) is 36.8 Å². The van der Waals surface area contributed by atoms with Crippen molar-refractivity contribution in [3.63, 3.8) is 0 Å². The van der Waals surface area contributed by atoms with Gasteiger partial charge in [-0.2, -0.15) is 0 Å². The topological polar surface area (TPSA) is 81.7 Å². The van der Waals surface area contributed by atoms with Crippen molar-refractivity contribution < 1.29 is 23.9 Å². The first-order chi connectivity index (χ1) is 16.0. The number of aryl methyl sites for hydroxylation is 1. The zero-order valence-electron chi connectivity index (χ0n) is 18.3. The molecule has 172 valence electrons. The molecule has 0 atom stereocenters. The summed E-state index contributed by atoms with van der Waals surface area (Å²) in [4.78, 5) is 39.0. The van der Waals surface area contributed by atoms with Crippen molar-refractivity contribution >= 4 is 56.7 Å². The smallest absolute Gasteiger partial charge is 0.341 e. The minimum atomic E-state index is -0.474. The molecule has 1 heterocycles. The van der Waals surface area contributed by atoms with Crippen molar-refractivity contribution in [2.45, 2.75) is 37.0 Å². The summed E-state index contributed by atoms with van der Waals surface area (Å²) in [6.45, 7) is -0.402. The molecule has 0 spiro atoms. The van der Waals surface area contributed by atoms with Crippen molar-refractivity contribution in [2.24, 2.45) is 0 Å².